The fraction of sp³-hybridized carbons (Fsp3) is 0.200. The van der Waals surface area contributed by atoms with Crippen molar-refractivity contribution in [2.75, 3.05) is 13.4 Å². The lowest BCUT2D eigenvalue weighted by Gasteiger charge is -2.02. The number of benzene rings is 1. The van der Waals surface area contributed by atoms with Crippen molar-refractivity contribution < 1.29 is 4.74 Å². The molecule has 3 heteroatoms. The topological polar surface area (TPSA) is 9.23 Å². The van der Waals surface area contributed by atoms with Crippen molar-refractivity contribution in [3.05, 3.63) is 34.5 Å². The third-order valence-electron chi connectivity index (χ3n) is 1.58. The minimum absolute atomic E-state index is 1.08. The van der Waals surface area contributed by atoms with Gasteiger partial charge in [-0.25, -0.2) is 0 Å². The van der Waals surface area contributed by atoms with Gasteiger partial charge in [-0.2, -0.15) is 0 Å². The average Bonchev–Trinajstić information content (AvgIpc) is 2.15. The second kappa shape index (κ2) is 5.35. The molecular formula is C10H11BrOS. The second-order valence-corrected chi connectivity index (χ2v) is 4.19. The number of thioether (sulfide) groups is 1. The summed E-state index contributed by atoms with van der Waals surface area (Å²) in [5.74, 6) is 0. The van der Waals surface area contributed by atoms with Gasteiger partial charge in [0.05, 0.1) is 13.4 Å². The molecule has 0 aliphatic rings. The summed E-state index contributed by atoms with van der Waals surface area (Å²) in [5, 5.41) is 0. The van der Waals surface area contributed by atoms with Gasteiger partial charge in [-0.15, -0.1) is 11.8 Å². The van der Waals surface area contributed by atoms with Crippen LogP contribution in [0.3, 0.4) is 0 Å². The molecule has 13 heavy (non-hydrogen) atoms. The Hall–Kier alpha value is -0.410. The SMILES string of the molecule is CO/C=C/c1cc(Br)ccc1SC. The van der Waals surface area contributed by atoms with E-state index in [1.165, 1.54) is 10.5 Å². The van der Waals surface area contributed by atoms with E-state index >= 15 is 0 Å². The Morgan fingerprint density at radius 1 is 1.46 bits per heavy atom. The summed E-state index contributed by atoms with van der Waals surface area (Å²) in [6.07, 6.45) is 5.70. The summed E-state index contributed by atoms with van der Waals surface area (Å²) in [7, 11) is 1.65. The first-order valence-corrected chi connectivity index (χ1v) is 5.82. The maximum atomic E-state index is 4.88. The minimum Gasteiger partial charge on any atom is -0.504 e. The van der Waals surface area contributed by atoms with Crippen LogP contribution in [-0.2, 0) is 4.74 Å². The monoisotopic (exact) mass is 258 g/mol. The van der Waals surface area contributed by atoms with E-state index in [9.17, 15) is 0 Å². The maximum absolute atomic E-state index is 4.88. The highest BCUT2D eigenvalue weighted by molar-refractivity contribution is 9.10. The van der Waals surface area contributed by atoms with Gasteiger partial charge >= 0.3 is 0 Å². The quantitative estimate of drug-likeness (QED) is 0.603. The average molecular weight is 259 g/mol. The molecule has 0 unspecified atom stereocenters. The molecule has 0 amide bonds. The molecule has 1 aromatic carbocycles. The van der Waals surface area contributed by atoms with E-state index in [0.717, 1.165) is 4.47 Å². The van der Waals surface area contributed by atoms with Crippen molar-refractivity contribution in [1.82, 2.24) is 0 Å². The molecule has 0 N–H and O–H groups in total. The molecule has 0 aliphatic heterocycles. The van der Waals surface area contributed by atoms with Gasteiger partial charge in [0.15, 0.2) is 0 Å². The van der Waals surface area contributed by atoms with Gasteiger partial charge in [0.2, 0.25) is 0 Å². The number of rotatable bonds is 3. The summed E-state index contributed by atoms with van der Waals surface area (Å²) in [4.78, 5) is 1.25. The van der Waals surface area contributed by atoms with Crippen LogP contribution in [0.25, 0.3) is 6.08 Å². The lowest BCUT2D eigenvalue weighted by Crippen LogP contribution is -1.79. The predicted octanol–water partition coefficient (Wildman–Crippen LogP) is 3.79. The molecule has 0 bridgehead atoms. The molecule has 1 rings (SSSR count). The summed E-state index contributed by atoms with van der Waals surface area (Å²) in [6, 6.07) is 6.20. The van der Waals surface area contributed by atoms with Crippen LogP contribution in [0, 0.1) is 0 Å². The standard InChI is InChI=1S/C10H11BrOS/c1-12-6-5-8-7-9(11)3-4-10(8)13-2/h3-7H,1-2H3/b6-5+. The number of halogens is 1. The van der Waals surface area contributed by atoms with Crippen molar-refractivity contribution in [3.63, 3.8) is 0 Å². The molecule has 0 atom stereocenters. The van der Waals surface area contributed by atoms with Gasteiger partial charge in [-0.3, -0.25) is 0 Å². The van der Waals surface area contributed by atoms with Crippen molar-refractivity contribution in [2.24, 2.45) is 0 Å². The Labute approximate surface area is 91.3 Å². The lowest BCUT2D eigenvalue weighted by atomic mass is 10.2. The van der Waals surface area contributed by atoms with Crippen LogP contribution in [0.2, 0.25) is 0 Å². The van der Waals surface area contributed by atoms with Gasteiger partial charge in [0, 0.05) is 9.37 Å². The molecule has 70 valence electrons. The van der Waals surface area contributed by atoms with Crippen LogP contribution in [0.1, 0.15) is 5.56 Å². The van der Waals surface area contributed by atoms with Crippen molar-refractivity contribution in [3.8, 4) is 0 Å². The van der Waals surface area contributed by atoms with Crippen molar-refractivity contribution >= 4 is 33.8 Å². The van der Waals surface area contributed by atoms with Crippen LogP contribution in [-0.4, -0.2) is 13.4 Å². The number of methoxy groups -OCH3 is 1. The summed E-state index contributed by atoms with van der Waals surface area (Å²) in [6.45, 7) is 0. The Balaban J connectivity index is 3.01. The van der Waals surface area contributed by atoms with Gasteiger partial charge in [0.1, 0.15) is 0 Å². The van der Waals surface area contributed by atoms with Crippen LogP contribution >= 0.6 is 27.7 Å². The zero-order chi connectivity index (χ0) is 9.68. The van der Waals surface area contributed by atoms with Crippen LogP contribution in [0.15, 0.2) is 33.8 Å². The van der Waals surface area contributed by atoms with E-state index in [-0.39, 0.29) is 0 Å². The zero-order valence-electron chi connectivity index (χ0n) is 7.58. The number of hydrogen-bond acceptors (Lipinski definition) is 2. The van der Waals surface area contributed by atoms with Gasteiger partial charge < -0.3 is 4.74 Å². The van der Waals surface area contributed by atoms with E-state index in [1.54, 1.807) is 25.1 Å². The first-order valence-electron chi connectivity index (χ1n) is 3.81. The molecular weight excluding hydrogens is 248 g/mol. The Morgan fingerprint density at radius 2 is 2.23 bits per heavy atom. The number of hydrogen-bond donors (Lipinski definition) is 0. The third-order valence-corrected chi connectivity index (χ3v) is 2.88. The maximum Gasteiger partial charge on any atom is 0.0830 e. The summed E-state index contributed by atoms with van der Waals surface area (Å²) >= 11 is 5.16. The molecule has 0 radical (unpaired) electrons. The minimum atomic E-state index is 1.08. The van der Waals surface area contributed by atoms with Crippen LogP contribution < -0.4 is 0 Å². The fourth-order valence-corrected chi connectivity index (χ4v) is 1.92. The molecule has 0 spiro atoms. The molecule has 0 heterocycles. The predicted molar refractivity (Wildman–Crippen MR) is 62.0 cm³/mol. The highest BCUT2D eigenvalue weighted by Crippen LogP contribution is 2.25. The van der Waals surface area contributed by atoms with E-state index in [0.29, 0.717) is 0 Å². The molecule has 1 nitrogen and oxygen atoms in total. The zero-order valence-corrected chi connectivity index (χ0v) is 9.98. The Kier molecular flexibility index (Phi) is 4.39. The Morgan fingerprint density at radius 3 is 2.85 bits per heavy atom. The highest BCUT2D eigenvalue weighted by Gasteiger charge is 1.98. The molecule has 1 aromatic rings. The molecule has 0 aliphatic carbocycles. The molecule has 0 aromatic heterocycles. The lowest BCUT2D eigenvalue weighted by molar-refractivity contribution is 0.341. The van der Waals surface area contributed by atoms with Crippen molar-refractivity contribution in [1.29, 1.82) is 0 Å². The smallest absolute Gasteiger partial charge is 0.0830 e. The Bertz CT molecular complexity index is 310. The second-order valence-electron chi connectivity index (χ2n) is 2.42. The molecule has 0 fully saturated rings. The van der Waals surface area contributed by atoms with E-state index in [4.69, 9.17) is 4.74 Å². The highest BCUT2D eigenvalue weighted by atomic mass is 79.9. The fourth-order valence-electron chi connectivity index (χ4n) is 0.977. The van der Waals surface area contributed by atoms with Crippen LogP contribution in [0.4, 0.5) is 0 Å². The first kappa shape index (κ1) is 10.7. The first-order chi connectivity index (χ1) is 6.27. The van der Waals surface area contributed by atoms with Gasteiger partial charge in [-0.05, 0) is 36.1 Å². The van der Waals surface area contributed by atoms with E-state index in [1.807, 2.05) is 12.1 Å². The largest absolute Gasteiger partial charge is 0.504 e. The van der Waals surface area contributed by atoms with Crippen LogP contribution in [0.5, 0.6) is 0 Å². The van der Waals surface area contributed by atoms with E-state index in [2.05, 4.69) is 34.3 Å². The van der Waals surface area contributed by atoms with Gasteiger partial charge in [0.25, 0.3) is 0 Å². The number of ether oxygens (including phenoxy) is 1. The normalized spacial score (nSPS) is 10.7. The summed E-state index contributed by atoms with van der Waals surface area (Å²) < 4.78 is 5.96. The molecule has 0 saturated carbocycles. The third kappa shape index (κ3) is 3.08. The molecule has 0 saturated heterocycles. The summed E-state index contributed by atoms with van der Waals surface area (Å²) in [5.41, 5.74) is 1.17. The van der Waals surface area contributed by atoms with Gasteiger partial charge in [-0.1, -0.05) is 15.9 Å². The van der Waals surface area contributed by atoms with E-state index < -0.39 is 0 Å². The van der Waals surface area contributed by atoms with Crippen molar-refractivity contribution in [2.45, 2.75) is 4.90 Å².